The largest absolute Gasteiger partial charge is 0.484 e. The van der Waals surface area contributed by atoms with Crippen LogP contribution in [0.4, 0.5) is 0 Å². The lowest BCUT2D eigenvalue weighted by molar-refractivity contribution is -0.132. The summed E-state index contributed by atoms with van der Waals surface area (Å²) in [4.78, 5) is 13.9. The molecule has 1 aliphatic heterocycles. The minimum absolute atomic E-state index is 0.0273. The molecule has 110 valence electrons. The van der Waals surface area contributed by atoms with E-state index >= 15 is 0 Å². The molecule has 1 saturated heterocycles. The number of likely N-dealkylation sites (tertiary alicyclic amines) is 1. The Balaban J connectivity index is 1.86. The number of hydrogen-bond acceptors (Lipinski definition) is 3. The quantitative estimate of drug-likeness (QED) is 0.829. The zero-order chi connectivity index (χ0) is 14.5. The Morgan fingerprint density at radius 1 is 1.45 bits per heavy atom. The van der Waals surface area contributed by atoms with Gasteiger partial charge in [0.25, 0.3) is 5.91 Å². The molecule has 4 heteroatoms. The molecule has 0 N–H and O–H groups in total. The fourth-order valence-corrected chi connectivity index (χ4v) is 2.35. The second kappa shape index (κ2) is 6.75. The number of carbonyl (C=O) groups excluding carboxylic acids is 1. The van der Waals surface area contributed by atoms with E-state index in [0.29, 0.717) is 12.5 Å². The average molecular weight is 277 g/mol. The summed E-state index contributed by atoms with van der Waals surface area (Å²) in [6.07, 6.45) is 1.08. The minimum Gasteiger partial charge on any atom is -0.484 e. The maximum Gasteiger partial charge on any atom is 0.260 e. The average Bonchev–Trinajstić information content (AvgIpc) is 2.94. The number of benzene rings is 1. The third-order valence-corrected chi connectivity index (χ3v) is 3.72. The van der Waals surface area contributed by atoms with Gasteiger partial charge in [0.15, 0.2) is 6.61 Å². The van der Waals surface area contributed by atoms with Crippen LogP contribution in [-0.2, 0) is 9.53 Å². The second-order valence-corrected chi connectivity index (χ2v) is 5.50. The van der Waals surface area contributed by atoms with Crippen LogP contribution in [-0.4, -0.2) is 43.7 Å². The molecule has 0 bridgehead atoms. The fourth-order valence-electron chi connectivity index (χ4n) is 2.35. The van der Waals surface area contributed by atoms with E-state index in [1.54, 1.807) is 12.0 Å². The first-order valence-corrected chi connectivity index (χ1v) is 7.13. The maximum atomic E-state index is 12.0. The maximum absolute atomic E-state index is 12.0. The highest BCUT2D eigenvalue weighted by atomic mass is 16.5. The molecule has 1 aliphatic rings. The summed E-state index contributed by atoms with van der Waals surface area (Å²) < 4.78 is 10.9. The van der Waals surface area contributed by atoms with Gasteiger partial charge in [0, 0.05) is 20.2 Å². The van der Waals surface area contributed by atoms with Gasteiger partial charge in [0.1, 0.15) is 5.75 Å². The number of nitrogens with zero attached hydrogens (tertiary/aromatic N) is 1. The normalized spacial score (nSPS) is 18.6. The molecule has 1 atom stereocenters. The summed E-state index contributed by atoms with van der Waals surface area (Å²) in [5, 5.41) is 0. The number of ether oxygens (including phenoxy) is 2. The summed E-state index contributed by atoms with van der Waals surface area (Å²) in [6, 6.07) is 7.93. The van der Waals surface area contributed by atoms with E-state index in [1.165, 1.54) is 5.56 Å². The molecule has 0 saturated carbocycles. The van der Waals surface area contributed by atoms with Crippen LogP contribution in [0.2, 0.25) is 0 Å². The Kier molecular flexibility index (Phi) is 5.01. The van der Waals surface area contributed by atoms with Crippen molar-refractivity contribution in [2.75, 3.05) is 26.8 Å². The van der Waals surface area contributed by atoms with Gasteiger partial charge in [0.2, 0.25) is 0 Å². The van der Waals surface area contributed by atoms with Crippen molar-refractivity contribution in [1.82, 2.24) is 4.90 Å². The summed E-state index contributed by atoms with van der Waals surface area (Å²) in [7, 11) is 1.69. The summed E-state index contributed by atoms with van der Waals surface area (Å²) in [5.41, 5.74) is 1.22. The van der Waals surface area contributed by atoms with Gasteiger partial charge >= 0.3 is 0 Å². The predicted octanol–water partition coefficient (Wildman–Crippen LogP) is 2.44. The Labute approximate surface area is 120 Å². The topological polar surface area (TPSA) is 38.8 Å². The molecule has 0 radical (unpaired) electrons. The van der Waals surface area contributed by atoms with E-state index in [0.717, 1.165) is 18.7 Å². The molecule has 1 unspecified atom stereocenters. The van der Waals surface area contributed by atoms with Crippen LogP contribution in [0.3, 0.4) is 0 Å². The third kappa shape index (κ3) is 3.73. The molecular formula is C16H23NO3. The van der Waals surface area contributed by atoms with Gasteiger partial charge < -0.3 is 14.4 Å². The van der Waals surface area contributed by atoms with Crippen LogP contribution in [0.5, 0.6) is 5.75 Å². The van der Waals surface area contributed by atoms with E-state index < -0.39 is 0 Å². The van der Waals surface area contributed by atoms with Crippen LogP contribution >= 0.6 is 0 Å². The Hall–Kier alpha value is -1.55. The SMILES string of the molecule is COC1CCN(C(=O)COc2cccc(C(C)C)c2)C1. The van der Waals surface area contributed by atoms with Crippen molar-refractivity contribution in [1.29, 1.82) is 0 Å². The number of carbonyl (C=O) groups is 1. The summed E-state index contributed by atoms with van der Waals surface area (Å²) >= 11 is 0. The molecule has 1 heterocycles. The van der Waals surface area contributed by atoms with Crippen LogP contribution in [0.1, 0.15) is 31.7 Å². The van der Waals surface area contributed by atoms with Gasteiger partial charge in [-0.25, -0.2) is 0 Å². The molecule has 0 aromatic heterocycles. The molecule has 1 aromatic rings. The summed E-state index contributed by atoms with van der Waals surface area (Å²) in [5.74, 6) is 1.24. The molecule has 0 spiro atoms. The van der Waals surface area contributed by atoms with E-state index in [4.69, 9.17) is 9.47 Å². The molecular weight excluding hydrogens is 254 g/mol. The van der Waals surface area contributed by atoms with Crippen LogP contribution in [0.25, 0.3) is 0 Å². The first-order valence-electron chi connectivity index (χ1n) is 7.13. The van der Waals surface area contributed by atoms with Crippen molar-refractivity contribution >= 4 is 5.91 Å². The number of rotatable bonds is 5. The first-order chi connectivity index (χ1) is 9.60. The van der Waals surface area contributed by atoms with Crippen LogP contribution < -0.4 is 4.74 Å². The van der Waals surface area contributed by atoms with Crippen molar-refractivity contribution in [3.63, 3.8) is 0 Å². The van der Waals surface area contributed by atoms with Gasteiger partial charge in [-0.3, -0.25) is 4.79 Å². The van der Waals surface area contributed by atoms with Crippen LogP contribution in [0, 0.1) is 0 Å². The molecule has 4 nitrogen and oxygen atoms in total. The molecule has 1 amide bonds. The van der Waals surface area contributed by atoms with E-state index in [-0.39, 0.29) is 18.6 Å². The van der Waals surface area contributed by atoms with Gasteiger partial charge in [0.05, 0.1) is 6.10 Å². The summed E-state index contributed by atoms with van der Waals surface area (Å²) in [6.45, 7) is 5.80. The molecule has 1 fully saturated rings. The number of amides is 1. The number of hydrogen-bond donors (Lipinski definition) is 0. The monoisotopic (exact) mass is 277 g/mol. The van der Waals surface area contributed by atoms with Crippen molar-refractivity contribution in [3.8, 4) is 5.75 Å². The molecule has 0 aliphatic carbocycles. The highest BCUT2D eigenvalue weighted by Crippen LogP contribution is 2.20. The van der Waals surface area contributed by atoms with Gasteiger partial charge in [-0.2, -0.15) is 0 Å². The van der Waals surface area contributed by atoms with Gasteiger partial charge in [-0.05, 0) is 30.0 Å². The lowest BCUT2D eigenvalue weighted by atomic mass is 10.0. The van der Waals surface area contributed by atoms with Crippen molar-refractivity contribution < 1.29 is 14.3 Å². The lowest BCUT2D eigenvalue weighted by Gasteiger charge is -2.17. The van der Waals surface area contributed by atoms with Crippen molar-refractivity contribution in [3.05, 3.63) is 29.8 Å². The van der Waals surface area contributed by atoms with E-state index in [1.807, 2.05) is 18.2 Å². The third-order valence-electron chi connectivity index (χ3n) is 3.72. The minimum atomic E-state index is 0.0273. The van der Waals surface area contributed by atoms with E-state index in [2.05, 4.69) is 19.9 Å². The highest BCUT2D eigenvalue weighted by molar-refractivity contribution is 5.78. The van der Waals surface area contributed by atoms with Gasteiger partial charge in [-0.15, -0.1) is 0 Å². The van der Waals surface area contributed by atoms with Crippen molar-refractivity contribution in [2.45, 2.75) is 32.3 Å². The molecule has 2 rings (SSSR count). The van der Waals surface area contributed by atoms with E-state index in [9.17, 15) is 4.79 Å². The fraction of sp³-hybridized carbons (Fsp3) is 0.562. The smallest absolute Gasteiger partial charge is 0.260 e. The first kappa shape index (κ1) is 14.9. The Morgan fingerprint density at radius 3 is 2.90 bits per heavy atom. The van der Waals surface area contributed by atoms with Crippen LogP contribution in [0.15, 0.2) is 24.3 Å². The number of methoxy groups -OCH3 is 1. The molecule has 20 heavy (non-hydrogen) atoms. The Bertz CT molecular complexity index is 459. The Morgan fingerprint density at radius 2 is 2.25 bits per heavy atom. The van der Waals surface area contributed by atoms with Crippen molar-refractivity contribution in [2.24, 2.45) is 0 Å². The zero-order valence-corrected chi connectivity index (χ0v) is 12.5. The second-order valence-electron chi connectivity index (χ2n) is 5.50. The zero-order valence-electron chi connectivity index (χ0n) is 12.5. The predicted molar refractivity (Wildman–Crippen MR) is 78.0 cm³/mol. The lowest BCUT2D eigenvalue weighted by Crippen LogP contribution is -2.33. The standard InChI is InChI=1S/C16H23NO3/c1-12(2)13-5-4-6-14(9-13)20-11-16(18)17-8-7-15(10-17)19-3/h4-6,9,12,15H,7-8,10-11H2,1-3H3. The highest BCUT2D eigenvalue weighted by Gasteiger charge is 2.26. The molecule has 1 aromatic carbocycles. The van der Waals surface area contributed by atoms with Gasteiger partial charge in [-0.1, -0.05) is 26.0 Å².